The van der Waals surface area contributed by atoms with Gasteiger partial charge in [0.2, 0.25) is 0 Å². The maximum absolute atomic E-state index is 14.3. The lowest BCUT2D eigenvalue weighted by Gasteiger charge is -2.18. The summed E-state index contributed by atoms with van der Waals surface area (Å²) >= 11 is 1.63. The zero-order valence-corrected chi connectivity index (χ0v) is 12.9. The van der Waals surface area contributed by atoms with Gasteiger partial charge in [0.25, 0.3) is 0 Å². The molecule has 5 heteroatoms. The molecule has 0 radical (unpaired) electrons. The van der Waals surface area contributed by atoms with Crippen molar-refractivity contribution in [2.75, 3.05) is 12.9 Å². The molecule has 3 nitrogen and oxygen atoms in total. The Morgan fingerprint density at radius 3 is 2.71 bits per heavy atom. The molecule has 3 N–H and O–H groups in total. The highest BCUT2D eigenvalue weighted by molar-refractivity contribution is 7.99. The van der Waals surface area contributed by atoms with Crippen LogP contribution < -0.4 is 16.0 Å². The number of thioether (sulfide) groups is 1. The Labute approximate surface area is 128 Å². The number of hydrogen-bond acceptors (Lipinski definition) is 4. The molecular weight excluding hydrogens is 287 g/mol. The first kappa shape index (κ1) is 15.8. The monoisotopic (exact) mass is 306 g/mol. The van der Waals surface area contributed by atoms with E-state index in [4.69, 9.17) is 10.6 Å². The lowest BCUT2D eigenvalue weighted by molar-refractivity contribution is 0.381. The van der Waals surface area contributed by atoms with Crippen LogP contribution in [0.2, 0.25) is 0 Å². The molecule has 2 aromatic carbocycles. The molecule has 112 valence electrons. The van der Waals surface area contributed by atoms with E-state index in [-0.39, 0.29) is 17.6 Å². The number of nitrogens with one attached hydrogen (secondary N) is 1. The van der Waals surface area contributed by atoms with Gasteiger partial charge in [-0.2, -0.15) is 0 Å². The van der Waals surface area contributed by atoms with Crippen molar-refractivity contribution in [3.05, 3.63) is 59.4 Å². The van der Waals surface area contributed by atoms with E-state index in [0.29, 0.717) is 11.3 Å². The number of hydrazine groups is 1. The highest BCUT2D eigenvalue weighted by Crippen LogP contribution is 2.29. The molecular formula is C16H19FN2OS. The first-order valence-electron chi connectivity index (χ1n) is 6.63. The van der Waals surface area contributed by atoms with Crippen LogP contribution in [-0.4, -0.2) is 12.9 Å². The fraction of sp³-hybridized carbons (Fsp3) is 0.250. The third kappa shape index (κ3) is 3.97. The summed E-state index contributed by atoms with van der Waals surface area (Å²) in [5, 5.41) is 0. The molecule has 1 atom stereocenters. The Bertz CT molecular complexity index is 607. The molecule has 0 heterocycles. The predicted octanol–water partition coefficient (Wildman–Crippen LogP) is 3.44. The Hall–Kier alpha value is -1.56. The molecule has 0 aliphatic heterocycles. The van der Waals surface area contributed by atoms with Crippen LogP contribution in [0.4, 0.5) is 4.39 Å². The molecule has 0 fully saturated rings. The Morgan fingerprint density at radius 2 is 2.05 bits per heavy atom. The largest absolute Gasteiger partial charge is 0.494 e. The van der Waals surface area contributed by atoms with Gasteiger partial charge in [-0.05, 0) is 25.1 Å². The van der Waals surface area contributed by atoms with Gasteiger partial charge in [0.05, 0.1) is 13.2 Å². The normalized spacial score (nSPS) is 12.2. The van der Waals surface area contributed by atoms with E-state index in [1.165, 1.54) is 12.7 Å². The van der Waals surface area contributed by atoms with E-state index in [9.17, 15) is 4.39 Å². The molecule has 0 aliphatic carbocycles. The summed E-state index contributed by atoms with van der Waals surface area (Å²) in [6.45, 7) is 2.05. The standard InChI is InChI=1S/C16H19FN2OS/c1-11-5-3-6-12(9-11)21-10-14(19-18)13-7-4-8-15(20-2)16(13)17/h3-9,14,19H,10,18H2,1-2H3. The number of nitrogens with two attached hydrogens (primary N) is 1. The van der Waals surface area contributed by atoms with Crippen molar-refractivity contribution < 1.29 is 9.13 Å². The van der Waals surface area contributed by atoms with Crippen molar-refractivity contribution in [2.24, 2.45) is 5.84 Å². The van der Waals surface area contributed by atoms with Crippen LogP contribution in [0, 0.1) is 12.7 Å². The molecule has 2 aromatic rings. The number of halogens is 1. The molecule has 0 spiro atoms. The third-order valence-electron chi connectivity index (χ3n) is 3.20. The van der Waals surface area contributed by atoms with E-state index in [2.05, 4.69) is 11.5 Å². The van der Waals surface area contributed by atoms with Crippen molar-refractivity contribution >= 4 is 11.8 Å². The Morgan fingerprint density at radius 1 is 1.29 bits per heavy atom. The lowest BCUT2D eigenvalue weighted by Crippen LogP contribution is -2.30. The van der Waals surface area contributed by atoms with Crippen molar-refractivity contribution in [1.29, 1.82) is 0 Å². The molecule has 0 amide bonds. The van der Waals surface area contributed by atoms with E-state index >= 15 is 0 Å². The third-order valence-corrected chi connectivity index (χ3v) is 4.28. The van der Waals surface area contributed by atoms with Crippen LogP contribution in [0.25, 0.3) is 0 Å². The van der Waals surface area contributed by atoms with Crippen LogP contribution in [0.1, 0.15) is 17.2 Å². The summed E-state index contributed by atoms with van der Waals surface area (Å²) in [6, 6.07) is 13.0. The fourth-order valence-electron chi connectivity index (χ4n) is 2.07. The summed E-state index contributed by atoms with van der Waals surface area (Å²) < 4.78 is 19.3. The maximum atomic E-state index is 14.3. The van der Waals surface area contributed by atoms with Crippen molar-refractivity contribution in [1.82, 2.24) is 5.43 Å². The van der Waals surface area contributed by atoms with Crippen LogP contribution in [-0.2, 0) is 0 Å². The summed E-state index contributed by atoms with van der Waals surface area (Å²) in [6.07, 6.45) is 0. The summed E-state index contributed by atoms with van der Waals surface area (Å²) in [5.41, 5.74) is 4.39. The molecule has 0 saturated carbocycles. The molecule has 1 unspecified atom stereocenters. The zero-order chi connectivity index (χ0) is 15.2. The maximum Gasteiger partial charge on any atom is 0.169 e. The Kier molecular flexibility index (Phi) is 5.61. The van der Waals surface area contributed by atoms with Crippen LogP contribution in [0.5, 0.6) is 5.75 Å². The topological polar surface area (TPSA) is 47.3 Å². The zero-order valence-electron chi connectivity index (χ0n) is 12.1. The van der Waals surface area contributed by atoms with Gasteiger partial charge in [-0.3, -0.25) is 11.3 Å². The minimum absolute atomic E-state index is 0.230. The number of hydrogen-bond donors (Lipinski definition) is 2. The second-order valence-corrected chi connectivity index (χ2v) is 5.80. The van der Waals surface area contributed by atoms with Gasteiger partial charge in [-0.15, -0.1) is 11.8 Å². The number of aryl methyl sites for hydroxylation is 1. The van der Waals surface area contributed by atoms with E-state index in [1.54, 1.807) is 30.0 Å². The predicted molar refractivity (Wildman–Crippen MR) is 84.9 cm³/mol. The number of rotatable bonds is 6. The van der Waals surface area contributed by atoms with Crippen LogP contribution in [0.15, 0.2) is 47.4 Å². The van der Waals surface area contributed by atoms with Crippen LogP contribution in [0.3, 0.4) is 0 Å². The second kappa shape index (κ2) is 7.45. The summed E-state index contributed by atoms with van der Waals surface area (Å²) in [5.74, 6) is 6.08. The number of benzene rings is 2. The molecule has 2 rings (SSSR count). The van der Waals surface area contributed by atoms with E-state index < -0.39 is 0 Å². The lowest BCUT2D eigenvalue weighted by atomic mass is 10.1. The first-order valence-corrected chi connectivity index (χ1v) is 7.62. The molecule has 21 heavy (non-hydrogen) atoms. The SMILES string of the molecule is COc1cccc(C(CSc2cccc(C)c2)NN)c1F. The minimum Gasteiger partial charge on any atom is -0.494 e. The van der Waals surface area contributed by atoms with Crippen molar-refractivity contribution in [3.8, 4) is 5.75 Å². The second-order valence-electron chi connectivity index (χ2n) is 4.71. The van der Waals surface area contributed by atoms with Crippen LogP contribution >= 0.6 is 11.8 Å². The highest BCUT2D eigenvalue weighted by Gasteiger charge is 2.17. The van der Waals surface area contributed by atoms with E-state index in [1.807, 2.05) is 25.1 Å². The highest BCUT2D eigenvalue weighted by atomic mass is 32.2. The van der Waals surface area contributed by atoms with Gasteiger partial charge in [-0.25, -0.2) is 4.39 Å². The Balaban J connectivity index is 2.13. The number of ether oxygens (including phenoxy) is 1. The average Bonchev–Trinajstić information content (AvgIpc) is 2.49. The molecule has 0 aliphatic rings. The summed E-state index contributed by atoms with van der Waals surface area (Å²) in [7, 11) is 1.45. The molecule has 0 aromatic heterocycles. The average molecular weight is 306 g/mol. The number of methoxy groups -OCH3 is 1. The molecule has 0 bridgehead atoms. The van der Waals surface area contributed by atoms with Gasteiger partial charge in [-0.1, -0.05) is 29.8 Å². The van der Waals surface area contributed by atoms with Crippen molar-refractivity contribution in [3.63, 3.8) is 0 Å². The summed E-state index contributed by atoms with van der Waals surface area (Å²) in [4.78, 5) is 1.14. The van der Waals surface area contributed by atoms with Crippen molar-refractivity contribution in [2.45, 2.75) is 17.9 Å². The molecule has 0 saturated heterocycles. The smallest absolute Gasteiger partial charge is 0.169 e. The van der Waals surface area contributed by atoms with Gasteiger partial charge >= 0.3 is 0 Å². The van der Waals surface area contributed by atoms with Gasteiger partial charge in [0.15, 0.2) is 11.6 Å². The quantitative estimate of drug-likeness (QED) is 0.487. The van der Waals surface area contributed by atoms with E-state index in [0.717, 1.165) is 4.90 Å². The van der Waals surface area contributed by atoms with Gasteiger partial charge < -0.3 is 4.74 Å². The first-order chi connectivity index (χ1) is 10.2. The fourth-order valence-corrected chi connectivity index (χ4v) is 3.15. The minimum atomic E-state index is -0.368. The van der Waals surface area contributed by atoms with Gasteiger partial charge in [0.1, 0.15) is 0 Å². The van der Waals surface area contributed by atoms with Gasteiger partial charge in [0, 0.05) is 16.2 Å².